The van der Waals surface area contributed by atoms with Gasteiger partial charge in [-0.3, -0.25) is 4.79 Å². The Labute approximate surface area is 82.3 Å². The van der Waals surface area contributed by atoms with Crippen LogP contribution in [0.1, 0.15) is 6.92 Å². The molecular formula is C10H13FN2O. The fraction of sp³-hybridized carbons (Fsp3) is 0.300. The van der Waals surface area contributed by atoms with E-state index in [-0.39, 0.29) is 11.6 Å². The zero-order valence-corrected chi connectivity index (χ0v) is 8.20. The first-order chi connectivity index (χ1) is 6.54. The van der Waals surface area contributed by atoms with Crippen LogP contribution in [0, 0.1) is 5.82 Å². The molecule has 0 unspecified atom stereocenters. The Morgan fingerprint density at radius 1 is 1.50 bits per heavy atom. The molecule has 0 aliphatic rings. The zero-order valence-electron chi connectivity index (χ0n) is 8.20. The van der Waals surface area contributed by atoms with Gasteiger partial charge in [-0.1, -0.05) is 12.1 Å². The third kappa shape index (κ3) is 2.09. The summed E-state index contributed by atoms with van der Waals surface area (Å²) in [5.74, 6) is -0.737. The van der Waals surface area contributed by atoms with Gasteiger partial charge in [0.2, 0.25) is 5.91 Å². The standard InChI is InChI=1S/C10H13FN2O/c1-7(12)10(14)13(2)9-6-4-3-5-8(9)11/h3-7H,12H2,1-2H3/t7-/m1/s1. The molecule has 3 nitrogen and oxygen atoms in total. The number of carbonyl (C=O) groups excluding carboxylic acids is 1. The van der Waals surface area contributed by atoms with Crippen molar-refractivity contribution < 1.29 is 9.18 Å². The van der Waals surface area contributed by atoms with Crippen LogP contribution < -0.4 is 10.6 Å². The first-order valence-electron chi connectivity index (χ1n) is 4.31. The van der Waals surface area contributed by atoms with Crippen LogP contribution in [0.25, 0.3) is 0 Å². The van der Waals surface area contributed by atoms with E-state index < -0.39 is 11.9 Å². The van der Waals surface area contributed by atoms with Gasteiger partial charge < -0.3 is 10.6 Å². The summed E-state index contributed by atoms with van der Waals surface area (Å²) in [6.07, 6.45) is 0. The SMILES string of the molecule is C[C@@H](N)C(=O)N(C)c1ccccc1F. The Bertz CT molecular complexity index is 339. The molecule has 14 heavy (non-hydrogen) atoms. The van der Waals surface area contributed by atoms with Gasteiger partial charge in [0.15, 0.2) is 0 Å². The third-order valence-corrected chi connectivity index (χ3v) is 1.93. The van der Waals surface area contributed by atoms with Gasteiger partial charge in [0.25, 0.3) is 0 Å². The highest BCUT2D eigenvalue weighted by Gasteiger charge is 2.17. The van der Waals surface area contributed by atoms with Crippen molar-refractivity contribution in [3.63, 3.8) is 0 Å². The Morgan fingerprint density at radius 2 is 2.07 bits per heavy atom. The van der Waals surface area contributed by atoms with Crippen molar-refractivity contribution in [3.8, 4) is 0 Å². The highest BCUT2D eigenvalue weighted by Crippen LogP contribution is 2.17. The second-order valence-electron chi connectivity index (χ2n) is 3.14. The molecule has 0 aliphatic carbocycles. The number of benzene rings is 1. The number of para-hydroxylation sites is 1. The number of anilines is 1. The van der Waals surface area contributed by atoms with Gasteiger partial charge in [0, 0.05) is 7.05 Å². The van der Waals surface area contributed by atoms with Crippen molar-refractivity contribution in [2.24, 2.45) is 5.73 Å². The van der Waals surface area contributed by atoms with E-state index in [2.05, 4.69) is 0 Å². The van der Waals surface area contributed by atoms with Crippen molar-refractivity contribution in [1.82, 2.24) is 0 Å². The number of hydrogen-bond donors (Lipinski definition) is 1. The molecule has 0 saturated heterocycles. The lowest BCUT2D eigenvalue weighted by Gasteiger charge is -2.19. The summed E-state index contributed by atoms with van der Waals surface area (Å²) in [6, 6.07) is 5.46. The molecule has 0 fully saturated rings. The van der Waals surface area contributed by atoms with Crippen LogP contribution in [0.15, 0.2) is 24.3 Å². The highest BCUT2D eigenvalue weighted by atomic mass is 19.1. The molecule has 4 heteroatoms. The van der Waals surface area contributed by atoms with Gasteiger partial charge in [-0.25, -0.2) is 4.39 Å². The Kier molecular flexibility index (Phi) is 3.19. The van der Waals surface area contributed by atoms with E-state index in [1.54, 1.807) is 19.1 Å². The largest absolute Gasteiger partial charge is 0.320 e. The molecule has 0 heterocycles. The van der Waals surface area contributed by atoms with Gasteiger partial charge in [0.1, 0.15) is 5.82 Å². The number of nitrogens with two attached hydrogens (primary N) is 1. The van der Waals surface area contributed by atoms with Crippen LogP contribution >= 0.6 is 0 Å². The maximum atomic E-state index is 13.2. The van der Waals surface area contributed by atoms with Gasteiger partial charge in [-0.2, -0.15) is 0 Å². The molecule has 1 aromatic rings. The maximum absolute atomic E-state index is 13.2. The number of halogens is 1. The second-order valence-corrected chi connectivity index (χ2v) is 3.14. The molecule has 1 amide bonds. The van der Waals surface area contributed by atoms with E-state index in [9.17, 15) is 9.18 Å². The number of hydrogen-bond acceptors (Lipinski definition) is 2. The number of rotatable bonds is 2. The monoisotopic (exact) mass is 196 g/mol. The average molecular weight is 196 g/mol. The van der Waals surface area contributed by atoms with Gasteiger partial charge >= 0.3 is 0 Å². The topological polar surface area (TPSA) is 46.3 Å². The Morgan fingerprint density at radius 3 is 2.57 bits per heavy atom. The van der Waals surface area contributed by atoms with Crippen LogP contribution in [0.3, 0.4) is 0 Å². The van der Waals surface area contributed by atoms with Crippen molar-refractivity contribution in [1.29, 1.82) is 0 Å². The quantitative estimate of drug-likeness (QED) is 0.770. The molecule has 0 radical (unpaired) electrons. The van der Waals surface area contributed by atoms with Crippen LogP contribution in [-0.2, 0) is 4.79 Å². The van der Waals surface area contributed by atoms with Crippen molar-refractivity contribution in [2.75, 3.05) is 11.9 Å². The third-order valence-electron chi connectivity index (χ3n) is 1.93. The molecule has 1 rings (SSSR count). The molecule has 0 bridgehead atoms. The van der Waals surface area contributed by atoms with E-state index in [4.69, 9.17) is 5.73 Å². The molecular weight excluding hydrogens is 183 g/mol. The molecule has 0 saturated carbocycles. The number of nitrogens with zero attached hydrogens (tertiary/aromatic N) is 1. The normalized spacial score (nSPS) is 12.3. The smallest absolute Gasteiger partial charge is 0.243 e. The first-order valence-corrected chi connectivity index (χ1v) is 4.31. The Balaban J connectivity index is 2.95. The first kappa shape index (κ1) is 10.7. The fourth-order valence-corrected chi connectivity index (χ4v) is 1.15. The van der Waals surface area contributed by atoms with E-state index in [0.29, 0.717) is 0 Å². The summed E-state index contributed by atoms with van der Waals surface area (Å²) in [6.45, 7) is 1.57. The summed E-state index contributed by atoms with van der Waals surface area (Å²) in [5.41, 5.74) is 5.66. The van der Waals surface area contributed by atoms with Crippen molar-refractivity contribution >= 4 is 11.6 Å². The van der Waals surface area contributed by atoms with Crippen LogP contribution in [0.2, 0.25) is 0 Å². The minimum atomic E-state index is -0.625. The van der Waals surface area contributed by atoms with Gasteiger partial charge in [0.05, 0.1) is 11.7 Å². The summed E-state index contributed by atoms with van der Waals surface area (Å²) in [4.78, 5) is 12.7. The molecule has 1 aromatic carbocycles. The number of amides is 1. The highest BCUT2D eigenvalue weighted by molar-refractivity contribution is 5.96. The lowest BCUT2D eigenvalue weighted by Crippen LogP contribution is -2.40. The molecule has 0 aromatic heterocycles. The predicted molar refractivity (Wildman–Crippen MR) is 53.5 cm³/mol. The van der Waals surface area contributed by atoms with Crippen molar-refractivity contribution in [3.05, 3.63) is 30.1 Å². The molecule has 2 N–H and O–H groups in total. The summed E-state index contributed by atoms with van der Waals surface area (Å²) in [5, 5.41) is 0. The molecule has 1 atom stereocenters. The fourth-order valence-electron chi connectivity index (χ4n) is 1.15. The lowest BCUT2D eigenvalue weighted by atomic mass is 10.2. The van der Waals surface area contributed by atoms with E-state index >= 15 is 0 Å². The summed E-state index contributed by atoms with van der Waals surface area (Å²) in [7, 11) is 1.50. The van der Waals surface area contributed by atoms with E-state index in [0.717, 1.165) is 0 Å². The van der Waals surface area contributed by atoms with Gasteiger partial charge in [-0.15, -0.1) is 0 Å². The average Bonchev–Trinajstić information content (AvgIpc) is 2.16. The number of carbonyl (C=O) groups is 1. The van der Waals surface area contributed by atoms with Crippen molar-refractivity contribution in [2.45, 2.75) is 13.0 Å². The van der Waals surface area contributed by atoms with Crippen LogP contribution in [0.4, 0.5) is 10.1 Å². The predicted octanol–water partition coefficient (Wildman–Crippen LogP) is 1.14. The second kappa shape index (κ2) is 4.19. The molecule has 0 aliphatic heterocycles. The molecule has 76 valence electrons. The Hall–Kier alpha value is -1.42. The maximum Gasteiger partial charge on any atom is 0.243 e. The van der Waals surface area contributed by atoms with Gasteiger partial charge in [-0.05, 0) is 19.1 Å². The molecule has 0 spiro atoms. The zero-order chi connectivity index (χ0) is 10.7. The lowest BCUT2D eigenvalue weighted by molar-refractivity contribution is -0.119. The summed E-state index contributed by atoms with van der Waals surface area (Å²) < 4.78 is 13.2. The summed E-state index contributed by atoms with van der Waals surface area (Å²) >= 11 is 0. The minimum absolute atomic E-state index is 0.245. The number of likely N-dealkylation sites (N-methyl/N-ethyl adjacent to an activating group) is 1. The minimum Gasteiger partial charge on any atom is -0.320 e. The van der Waals surface area contributed by atoms with Crippen LogP contribution in [0.5, 0.6) is 0 Å². The van der Waals surface area contributed by atoms with E-state index in [1.165, 1.54) is 24.1 Å². The van der Waals surface area contributed by atoms with Crippen LogP contribution in [-0.4, -0.2) is 19.0 Å². The van der Waals surface area contributed by atoms with E-state index in [1.807, 2.05) is 0 Å².